The first kappa shape index (κ1) is 13.9. The Balaban J connectivity index is 1.98. The van der Waals surface area contributed by atoms with E-state index in [1.54, 1.807) is 24.4 Å². The second-order valence-corrected chi connectivity index (χ2v) is 5.13. The highest BCUT2D eigenvalue weighted by atomic mass is 16.5. The zero-order valence-corrected chi connectivity index (χ0v) is 11.8. The van der Waals surface area contributed by atoms with Crippen LogP contribution in [-0.4, -0.2) is 47.1 Å². The van der Waals surface area contributed by atoms with E-state index in [9.17, 15) is 4.79 Å². The molecule has 19 heavy (non-hydrogen) atoms. The molecule has 1 saturated carbocycles. The summed E-state index contributed by atoms with van der Waals surface area (Å²) in [7, 11) is 3.60. The van der Waals surface area contributed by atoms with E-state index in [0.29, 0.717) is 11.8 Å². The van der Waals surface area contributed by atoms with Crippen LogP contribution in [0.2, 0.25) is 0 Å². The monoisotopic (exact) mass is 263 g/mol. The zero-order valence-electron chi connectivity index (χ0n) is 11.8. The van der Waals surface area contributed by atoms with Crippen molar-refractivity contribution in [3.05, 3.63) is 23.8 Å². The molecule has 0 aliphatic heterocycles. The van der Waals surface area contributed by atoms with Crippen LogP contribution in [0.4, 0.5) is 0 Å². The summed E-state index contributed by atoms with van der Waals surface area (Å²) in [4.78, 5) is 22.4. The van der Waals surface area contributed by atoms with Crippen LogP contribution in [-0.2, 0) is 4.74 Å². The molecule has 0 radical (unpaired) electrons. The van der Waals surface area contributed by atoms with Gasteiger partial charge in [-0.3, -0.25) is 9.78 Å². The van der Waals surface area contributed by atoms with Gasteiger partial charge in [0.1, 0.15) is 5.69 Å². The lowest BCUT2D eigenvalue weighted by atomic mass is 9.92. The number of aryl methyl sites for hydroxylation is 1. The standard InChI is InChI=1S/C14H21N3O2/c1-10-8-16-13(9-15-10)14(18)17(2)11-4-6-12(19-3)7-5-11/h8-9,11-12H,4-7H2,1-3H3. The molecule has 0 atom stereocenters. The second kappa shape index (κ2) is 6.10. The third-order valence-electron chi connectivity index (χ3n) is 3.85. The number of nitrogens with zero attached hydrogens (tertiary/aromatic N) is 3. The van der Waals surface area contributed by atoms with Crippen molar-refractivity contribution in [1.82, 2.24) is 14.9 Å². The van der Waals surface area contributed by atoms with E-state index in [4.69, 9.17) is 4.74 Å². The Kier molecular flexibility index (Phi) is 4.47. The summed E-state index contributed by atoms with van der Waals surface area (Å²) in [5, 5.41) is 0. The maximum atomic E-state index is 12.3. The number of carbonyl (C=O) groups excluding carboxylic acids is 1. The van der Waals surface area contributed by atoms with Crippen LogP contribution in [0, 0.1) is 6.92 Å². The van der Waals surface area contributed by atoms with Gasteiger partial charge < -0.3 is 9.64 Å². The molecule has 1 aromatic rings. The van der Waals surface area contributed by atoms with E-state index in [1.807, 2.05) is 14.0 Å². The highest BCUT2D eigenvalue weighted by molar-refractivity contribution is 5.92. The minimum Gasteiger partial charge on any atom is -0.381 e. The summed E-state index contributed by atoms with van der Waals surface area (Å²) in [6.07, 6.45) is 7.52. The van der Waals surface area contributed by atoms with Crippen LogP contribution >= 0.6 is 0 Å². The molecule has 0 aromatic carbocycles. The maximum absolute atomic E-state index is 12.3. The lowest BCUT2D eigenvalue weighted by molar-refractivity contribution is 0.0383. The zero-order chi connectivity index (χ0) is 13.8. The minimum atomic E-state index is -0.0478. The first-order valence-electron chi connectivity index (χ1n) is 6.70. The summed E-state index contributed by atoms with van der Waals surface area (Å²) in [5.41, 5.74) is 1.24. The first-order valence-corrected chi connectivity index (χ1v) is 6.70. The van der Waals surface area contributed by atoms with Crippen LogP contribution in [0.25, 0.3) is 0 Å². The fourth-order valence-electron chi connectivity index (χ4n) is 2.52. The van der Waals surface area contributed by atoms with Crippen molar-refractivity contribution >= 4 is 5.91 Å². The van der Waals surface area contributed by atoms with Crippen molar-refractivity contribution in [2.75, 3.05) is 14.2 Å². The summed E-state index contributed by atoms with van der Waals surface area (Å²) in [6, 6.07) is 0.280. The fourth-order valence-corrected chi connectivity index (χ4v) is 2.52. The minimum absolute atomic E-state index is 0.0478. The second-order valence-electron chi connectivity index (χ2n) is 5.13. The molecule has 0 bridgehead atoms. The van der Waals surface area contributed by atoms with Crippen molar-refractivity contribution in [3.63, 3.8) is 0 Å². The Labute approximate surface area is 114 Å². The normalized spacial score (nSPS) is 23.1. The number of methoxy groups -OCH3 is 1. The number of carbonyl (C=O) groups is 1. The molecule has 5 nitrogen and oxygen atoms in total. The van der Waals surface area contributed by atoms with Crippen molar-refractivity contribution in [2.24, 2.45) is 0 Å². The number of ether oxygens (including phenoxy) is 1. The van der Waals surface area contributed by atoms with Gasteiger partial charge in [-0.15, -0.1) is 0 Å². The molecule has 1 aromatic heterocycles. The molecule has 1 amide bonds. The lowest BCUT2D eigenvalue weighted by Crippen LogP contribution is -2.40. The lowest BCUT2D eigenvalue weighted by Gasteiger charge is -2.33. The molecule has 1 aliphatic rings. The van der Waals surface area contributed by atoms with Gasteiger partial charge in [-0.2, -0.15) is 0 Å². The molecule has 5 heteroatoms. The van der Waals surface area contributed by atoms with Gasteiger partial charge in [-0.1, -0.05) is 0 Å². The Morgan fingerprint density at radius 3 is 2.47 bits per heavy atom. The van der Waals surface area contributed by atoms with Gasteiger partial charge in [0.05, 0.1) is 18.0 Å². The van der Waals surface area contributed by atoms with Crippen molar-refractivity contribution in [2.45, 2.75) is 44.8 Å². The number of rotatable bonds is 3. The highest BCUT2D eigenvalue weighted by Gasteiger charge is 2.27. The van der Waals surface area contributed by atoms with E-state index in [0.717, 1.165) is 31.4 Å². The van der Waals surface area contributed by atoms with Gasteiger partial charge in [0.15, 0.2) is 0 Å². The Morgan fingerprint density at radius 1 is 1.26 bits per heavy atom. The predicted octanol–water partition coefficient (Wildman–Crippen LogP) is 1.81. The summed E-state index contributed by atoms with van der Waals surface area (Å²) in [6.45, 7) is 1.86. The molecular formula is C14H21N3O2. The molecule has 0 unspecified atom stereocenters. The molecule has 0 spiro atoms. The van der Waals surface area contributed by atoms with Crippen LogP contribution in [0.3, 0.4) is 0 Å². The molecule has 1 heterocycles. The van der Waals surface area contributed by atoms with Crippen LogP contribution in [0.5, 0.6) is 0 Å². The van der Waals surface area contributed by atoms with E-state index >= 15 is 0 Å². The van der Waals surface area contributed by atoms with Gasteiger partial charge >= 0.3 is 0 Å². The SMILES string of the molecule is COC1CCC(N(C)C(=O)c2cnc(C)cn2)CC1. The van der Waals surface area contributed by atoms with Crippen molar-refractivity contribution in [3.8, 4) is 0 Å². The molecule has 104 valence electrons. The smallest absolute Gasteiger partial charge is 0.274 e. The van der Waals surface area contributed by atoms with Crippen molar-refractivity contribution in [1.29, 1.82) is 0 Å². The molecule has 1 fully saturated rings. The van der Waals surface area contributed by atoms with E-state index in [-0.39, 0.29) is 11.9 Å². The van der Waals surface area contributed by atoms with Gasteiger partial charge in [0, 0.05) is 26.4 Å². The van der Waals surface area contributed by atoms with Gasteiger partial charge in [0.2, 0.25) is 0 Å². The Morgan fingerprint density at radius 2 is 1.95 bits per heavy atom. The highest BCUT2D eigenvalue weighted by Crippen LogP contribution is 2.24. The maximum Gasteiger partial charge on any atom is 0.274 e. The van der Waals surface area contributed by atoms with Crippen LogP contribution in [0.15, 0.2) is 12.4 Å². The molecule has 0 saturated heterocycles. The summed E-state index contributed by atoms with van der Waals surface area (Å²) in [5.74, 6) is -0.0478. The third kappa shape index (κ3) is 3.29. The predicted molar refractivity (Wildman–Crippen MR) is 71.9 cm³/mol. The molecule has 0 N–H and O–H groups in total. The van der Waals surface area contributed by atoms with E-state index in [1.165, 1.54) is 0 Å². The quantitative estimate of drug-likeness (QED) is 0.834. The average Bonchev–Trinajstić information content (AvgIpc) is 2.46. The Hall–Kier alpha value is -1.49. The van der Waals surface area contributed by atoms with E-state index in [2.05, 4.69) is 9.97 Å². The summed E-state index contributed by atoms with van der Waals surface area (Å²) >= 11 is 0. The molecular weight excluding hydrogens is 242 g/mol. The van der Waals surface area contributed by atoms with Crippen LogP contribution in [0.1, 0.15) is 41.9 Å². The van der Waals surface area contributed by atoms with E-state index < -0.39 is 0 Å². The van der Waals surface area contributed by atoms with Gasteiger partial charge in [0.25, 0.3) is 5.91 Å². The molecule has 2 rings (SSSR count). The van der Waals surface area contributed by atoms with Crippen molar-refractivity contribution < 1.29 is 9.53 Å². The fraction of sp³-hybridized carbons (Fsp3) is 0.643. The largest absolute Gasteiger partial charge is 0.381 e. The first-order chi connectivity index (χ1) is 9.11. The molecule has 1 aliphatic carbocycles. The number of hydrogen-bond acceptors (Lipinski definition) is 4. The topological polar surface area (TPSA) is 55.3 Å². The van der Waals surface area contributed by atoms with Crippen LogP contribution < -0.4 is 0 Å². The average molecular weight is 263 g/mol. The van der Waals surface area contributed by atoms with Gasteiger partial charge in [-0.05, 0) is 32.6 Å². The van der Waals surface area contributed by atoms with Gasteiger partial charge in [-0.25, -0.2) is 4.98 Å². The Bertz CT molecular complexity index is 425. The third-order valence-corrected chi connectivity index (χ3v) is 3.85. The number of amides is 1. The number of aromatic nitrogens is 2. The number of hydrogen-bond donors (Lipinski definition) is 0. The summed E-state index contributed by atoms with van der Waals surface area (Å²) < 4.78 is 5.35.